The Bertz CT molecular complexity index is 490. The highest BCUT2D eigenvalue weighted by Crippen LogP contribution is 2.40. The number of hydrogen-bond acceptors (Lipinski definition) is 3. The maximum absolute atomic E-state index is 11.9. The molecule has 0 spiro atoms. The number of benzene rings is 1. The highest BCUT2D eigenvalue weighted by molar-refractivity contribution is 5.78. The first-order chi connectivity index (χ1) is 9.29. The number of amides is 1. The first-order valence-electron chi connectivity index (χ1n) is 6.97. The summed E-state index contributed by atoms with van der Waals surface area (Å²) < 4.78 is 5.52. The van der Waals surface area contributed by atoms with Crippen molar-refractivity contribution in [1.29, 1.82) is 0 Å². The molecule has 1 aromatic rings. The molecule has 1 saturated carbocycles. The molecule has 2 atom stereocenters. The van der Waals surface area contributed by atoms with Gasteiger partial charge in [-0.15, -0.1) is 0 Å². The summed E-state index contributed by atoms with van der Waals surface area (Å²) >= 11 is 0. The van der Waals surface area contributed by atoms with Crippen LogP contribution in [0.2, 0.25) is 0 Å². The minimum Gasteiger partial charge on any atom is -0.484 e. The summed E-state index contributed by atoms with van der Waals surface area (Å²) in [6.07, 6.45) is 0.274. The summed E-state index contributed by atoms with van der Waals surface area (Å²) in [5.41, 5.74) is 1.97. The molecule has 1 aliphatic rings. The fourth-order valence-electron chi connectivity index (χ4n) is 2.55. The maximum Gasteiger partial charge on any atom is 0.258 e. The SMILES string of the molecule is Cc1cc(C)cc(OCC(=O)NC2CC(O)C2(C)C)c1. The maximum atomic E-state index is 11.9. The van der Waals surface area contributed by atoms with Gasteiger partial charge in [0.05, 0.1) is 6.10 Å². The summed E-state index contributed by atoms with van der Waals surface area (Å²) in [4.78, 5) is 11.9. The molecule has 2 N–H and O–H groups in total. The molecule has 1 amide bonds. The van der Waals surface area contributed by atoms with E-state index in [1.807, 2.05) is 39.8 Å². The van der Waals surface area contributed by atoms with Gasteiger partial charge in [0.2, 0.25) is 0 Å². The summed E-state index contributed by atoms with van der Waals surface area (Å²) in [6, 6.07) is 5.91. The van der Waals surface area contributed by atoms with E-state index in [1.165, 1.54) is 0 Å². The van der Waals surface area contributed by atoms with E-state index in [-0.39, 0.29) is 30.1 Å². The Morgan fingerprint density at radius 2 is 1.95 bits per heavy atom. The van der Waals surface area contributed by atoms with E-state index in [0.29, 0.717) is 12.2 Å². The van der Waals surface area contributed by atoms with Crippen molar-refractivity contribution < 1.29 is 14.6 Å². The predicted octanol–water partition coefficient (Wildman–Crippen LogP) is 1.96. The molecule has 1 aliphatic carbocycles. The second-order valence-corrected chi connectivity index (χ2v) is 6.31. The molecule has 2 rings (SSSR count). The number of rotatable bonds is 4. The smallest absolute Gasteiger partial charge is 0.258 e. The van der Waals surface area contributed by atoms with Crippen LogP contribution >= 0.6 is 0 Å². The van der Waals surface area contributed by atoms with Gasteiger partial charge in [-0.25, -0.2) is 0 Å². The van der Waals surface area contributed by atoms with Gasteiger partial charge in [-0.1, -0.05) is 19.9 Å². The van der Waals surface area contributed by atoms with Crippen LogP contribution in [0, 0.1) is 19.3 Å². The van der Waals surface area contributed by atoms with Gasteiger partial charge in [-0.3, -0.25) is 4.79 Å². The molecule has 0 radical (unpaired) electrons. The van der Waals surface area contributed by atoms with Crippen LogP contribution in [-0.2, 0) is 4.79 Å². The number of carbonyl (C=O) groups is 1. The lowest BCUT2D eigenvalue weighted by atomic mass is 9.64. The predicted molar refractivity (Wildman–Crippen MR) is 77.7 cm³/mol. The zero-order valence-corrected chi connectivity index (χ0v) is 12.6. The highest BCUT2D eigenvalue weighted by Gasteiger charge is 2.47. The lowest BCUT2D eigenvalue weighted by molar-refractivity contribution is -0.131. The normalized spacial score (nSPS) is 23.9. The number of carbonyl (C=O) groups excluding carboxylic acids is 1. The van der Waals surface area contributed by atoms with E-state index in [9.17, 15) is 9.90 Å². The first kappa shape index (κ1) is 14.9. The second-order valence-electron chi connectivity index (χ2n) is 6.31. The van der Waals surface area contributed by atoms with Gasteiger partial charge in [-0.2, -0.15) is 0 Å². The zero-order chi connectivity index (χ0) is 14.9. The average Bonchev–Trinajstić information content (AvgIpc) is 2.35. The Balaban J connectivity index is 1.84. The summed E-state index contributed by atoms with van der Waals surface area (Å²) in [5.74, 6) is 0.569. The van der Waals surface area contributed by atoms with Crippen molar-refractivity contribution in [2.45, 2.75) is 46.3 Å². The Morgan fingerprint density at radius 1 is 1.35 bits per heavy atom. The zero-order valence-electron chi connectivity index (χ0n) is 12.6. The number of hydrogen-bond donors (Lipinski definition) is 2. The van der Waals surface area contributed by atoms with Crippen molar-refractivity contribution in [3.8, 4) is 5.75 Å². The highest BCUT2D eigenvalue weighted by atomic mass is 16.5. The molecule has 20 heavy (non-hydrogen) atoms. The van der Waals surface area contributed by atoms with Gasteiger partial charge in [0.15, 0.2) is 6.61 Å². The van der Waals surface area contributed by atoms with Crippen LogP contribution in [0.5, 0.6) is 5.75 Å². The minimum absolute atomic E-state index is 0.00552. The molecule has 0 aliphatic heterocycles. The Kier molecular flexibility index (Phi) is 4.04. The summed E-state index contributed by atoms with van der Waals surface area (Å²) in [5, 5.41) is 12.6. The third-order valence-electron chi connectivity index (χ3n) is 4.12. The molecule has 1 aromatic carbocycles. The molecular weight excluding hydrogens is 254 g/mol. The van der Waals surface area contributed by atoms with Crippen molar-refractivity contribution in [1.82, 2.24) is 5.32 Å². The molecule has 110 valence electrons. The van der Waals surface area contributed by atoms with E-state index in [2.05, 4.69) is 11.4 Å². The minimum atomic E-state index is -0.340. The van der Waals surface area contributed by atoms with E-state index in [1.54, 1.807) is 0 Å². The quantitative estimate of drug-likeness (QED) is 0.884. The Hall–Kier alpha value is -1.55. The van der Waals surface area contributed by atoms with Crippen LogP contribution in [0.15, 0.2) is 18.2 Å². The van der Waals surface area contributed by atoms with Crippen LogP contribution in [0.25, 0.3) is 0 Å². The number of aliphatic hydroxyl groups excluding tert-OH is 1. The number of aryl methyl sites for hydroxylation is 2. The third kappa shape index (κ3) is 3.12. The van der Waals surface area contributed by atoms with Crippen molar-refractivity contribution in [3.63, 3.8) is 0 Å². The molecule has 4 nitrogen and oxygen atoms in total. The van der Waals surface area contributed by atoms with Gasteiger partial charge in [0, 0.05) is 11.5 Å². The van der Waals surface area contributed by atoms with Crippen molar-refractivity contribution in [2.24, 2.45) is 5.41 Å². The van der Waals surface area contributed by atoms with Crippen LogP contribution < -0.4 is 10.1 Å². The second kappa shape index (κ2) is 5.44. The van der Waals surface area contributed by atoms with Gasteiger partial charge in [0.1, 0.15) is 5.75 Å². The molecule has 2 unspecified atom stereocenters. The lowest BCUT2D eigenvalue weighted by Crippen LogP contribution is -2.61. The van der Waals surface area contributed by atoms with Crippen molar-refractivity contribution in [2.75, 3.05) is 6.61 Å². The molecule has 0 bridgehead atoms. The fourth-order valence-corrected chi connectivity index (χ4v) is 2.55. The van der Waals surface area contributed by atoms with Crippen LogP contribution in [0.1, 0.15) is 31.4 Å². The summed E-state index contributed by atoms with van der Waals surface area (Å²) in [6.45, 7) is 7.91. The molecule has 0 saturated heterocycles. The van der Waals surface area contributed by atoms with E-state index < -0.39 is 0 Å². The molecular formula is C16H23NO3. The average molecular weight is 277 g/mol. The van der Waals surface area contributed by atoms with Crippen LogP contribution in [0.4, 0.5) is 0 Å². The fraction of sp³-hybridized carbons (Fsp3) is 0.562. The van der Waals surface area contributed by atoms with E-state index in [0.717, 1.165) is 11.1 Å². The largest absolute Gasteiger partial charge is 0.484 e. The Labute approximate surface area is 120 Å². The number of aliphatic hydroxyl groups is 1. The van der Waals surface area contributed by atoms with E-state index >= 15 is 0 Å². The molecule has 0 heterocycles. The van der Waals surface area contributed by atoms with Crippen LogP contribution in [-0.4, -0.2) is 29.8 Å². The topological polar surface area (TPSA) is 58.6 Å². The van der Waals surface area contributed by atoms with Crippen molar-refractivity contribution >= 4 is 5.91 Å². The summed E-state index contributed by atoms with van der Waals surface area (Å²) in [7, 11) is 0. The third-order valence-corrected chi connectivity index (χ3v) is 4.12. The van der Waals surface area contributed by atoms with Crippen LogP contribution in [0.3, 0.4) is 0 Å². The molecule has 0 aromatic heterocycles. The Morgan fingerprint density at radius 3 is 2.45 bits per heavy atom. The molecule has 4 heteroatoms. The number of ether oxygens (including phenoxy) is 1. The monoisotopic (exact) mass is 277 g/mol. The van der Waals surface area contributed by atoms with Gasteiger partial charge >= 0.3 is 0 Å². The molecule has 1 fully saturated rings. The van der Waals surface area contributed by atoms with Crippen molar-refractivity contribution in [3.05, 3.63) is 29.3 Å². The first-order valence-corrected chi connectivity index (χ1v) is 6.97. The standard InChI is InChI=1S/C16H23NO3/c1-10-5-11(2)7-12(6-10)20-9-15(19)17-13-8-14(18)16(13,3)4/h5-7,13-14,18H,8-9H2,1-4H3,(H,17,19). The van der Waals surface area contributed by atoms with Gasteiger partial charge in [-0.05, 0) is 43.5 Å². The van der Waals surface area contributed by atoms with Gasteiger partial charge < -0.3 is 15.2 Å². The van der Waals surface area contributed by atoms with E-state index in [4.69, 9.17) is 4.74 Å². The number of nitrogens with one attached hydrogen (secondary N) is 1. The lowest BCUT2D eigenvalue weighted by Gasteiger charge is -2.49. The van der Waals surface area contributed by atoms with Gasteiger partial charge in [0.25, 0.3) is 5.91 Å².